The van der Waals surface area contributed by atoms with Gasteiger partial charge in [-0.25, -0.2) is 0 Å². The molecule has 1 N–H and O–H groups in total. The third-order valence-corrected chi connectivity index (χ3v) is 4.14. The van der Waals surface area contributed by atoms with Crippen molar-refractivity contribution in [1.29, 1.82) is 0 Å². The number of aromatic nitrogens is 3. The third-order valence-electron chi connectivity index (χ3n) is 4.14. The highest BCUT2D eigenvalue weighted by molar-refractivity contribution is 6.35. The number of nitrogens with zero attached hydrogens (tertiary/aromatic N) is 3. The standard InChI is InChI=1S/C21H14BN3O/c22-21-19(16-11-6-7-13-23-16)18(14-8-2-1-3-9-14)20(24-25-21)15-10-4-5-12-17(15)26/h1-13,26H. The Bertz CT molecular complexity index is 1050. The van der Waals surface area contributed by atoms with Crippen molar-refractivity contribution in [3.8, 4) is 39.4 Å². The molecule has 5 heteroatoms. The zero-order valence-electron chi connectivity index (χ0n) is 13.9. The number of hydrogen-bond donors (Lipinski definition) is 1. The van der Waals surface area contributed by atoms with E-state index in [1.54, 1.807) is 18.3 Å². The Kier molecular flexibility index (Phi) is 4.19. The molecule has 2 aromatic carbocycles. The average molecular weight is 335 g/mol. The molecule has 0 aliphatic rings. The van der Waals surface area contributed by atoms with Crippen LogP contribution in [0.15, 0.2) is 79.0 Å². The Labute approximate surface area is 152 Å². The first-order valence-corrected chi connectivity index (χ1v) is 8.17. The van der Waals surface area contributed by atoms with E-state index >= 15 is 0 Å². The van der Waals surface area contributed by atoms with E-state index in [2.05, 4.69) is 15.2 Å². The van der Waals surface area contributed by atoms with Crippen molar-refractivity contribution < 1.29 is 5.11 Å². The minimum atomic E-state index is 0.135. The monoisotopic (exact) mass is 335 g/mol. The first-order chi connectivity index (χ1) is 12.8. The van der Waals surface area contributed by atoms with Crippen LogP contribution in [0.5, 0.6) is 5.75 Å². The van der Waals surface area contributed by atoms with E-state index in [-0.39, 0.29) is 5.75 Å². The van der Waals surface area contributed by atoms with Gasteiger partial charge in [-0.2, -0.15) is 10.2 Å². The molecule has 0 aliphatic carbocycles. The maximum absolute atomic E-state index is 10.4. The molecule has 0 aliphatic heterocycles. The van der Waals surface area contributed by atoms with Gasteiger partial charge in [0.1, 0.15) is 19.3 Å². The molecule has 0 unspecified atom stereocenters. The summed E-state index contributed by atoms with van der Waals surface area (Å²) in [4.78, 5) is 4.44. The smallest absolute Gasteiger partial charge is 0.145 e. The SMILES string of the molecule is [B]c1nnc(-c2ccccc2O)c(-c2ccccc2)c1-c1ccccn1. The van der Waals surface area contributed by atoms with Gasteiger partial charge in [-0.05, 0) is 29.8 Å². The summed E-state index contributed by atoms with van der Waals surface area (Å²) in [5.74, 6) is 0.135. The van der Waals surface area contributed by atoms with Crippen molar-refractivity contribution in [2.24, 2.45) is 0 Å². The van der Waals surface area contributed by atoms with E-state index in [0.717, 1.165) is 11.1 Å². The molecule has 0 saturated carbocycles. The summed E-state index contributed by atoms with van der Waals surface area (Å²) in [6.45, 7) is 0. The van der Waals surface area contributed by atoms with Crippen molar-refractivity contribution in [3.05, 3.63) is 79.0 Å². The molecule has 2 aromatic heterocycles. The predicted octanol–water partition coefficient (Wildman–Crippen LogP) is 3.37. The van der Waals surface area contributed by atoms with Crippen LogP contribution >= 0.6 is 0 Å². The lowest BCUT2D eigenvalue weighted by Gasteiger charge is -2.16. The van der Waals surface area contributed by atoms with Gasteiger partial charge in [-0.3, -0.25) is 4.98 Å². The van der Waals surface area contributed by atoms with Crippen molar-refractivity contribution in [3.63, 3.8) is 0 Å². The molecular weight excluding hydrogens is 321 g/mol. The van der Waals surface area contributed by atoms with Gasteiger partial charge in [0.2, 0.25) is 0 Å². The van der Waals surface area contributed by atoms with Crippen LogP contribution in [0.2, 0.25) is 0 Å². The molecule has 0 atom stereocenters. The fraction of sp³-hybridized carbons (Fsp3) is 0. The number of benzene rings is 2. The van der Waals surface area contributed by atoms with Gasteiger partial charge in [-0.15, -0.1) is 0 Å². The number of rotatable bonds is 3. The molecule has 0 spiro atoms. The van der Waals surface area contributed by atoms with E-state index in [1.165, 1.54) is 0 Å². The van der Waals surface area contributed by atoms with Gasteiger partial charge >= 0.3 is 0 Å². The van der Waals surface area contributed by atoms with E-state index < -0.39 is 0 Å². The van der Waals surface area contributed by atoms with Gasteiger partial charge in [0.25, 0.3) is 0 Å². The van der Waals surface area contributed by atoms with E-state index in [1.807, 2.05) is 60.7 Å². The summed E-state index contributed by atoms with van der Waals surface area (Å²) in [7, 11) is 6.20. The van der Waals surface area contributed by atoms with Crippen molar-refractivity contribution in [2.75, 3.05) is 0 Å². The average Bonchev–Trinajstić information content (AvgIpc) is 2.70. The first kappa shape index (κ1) is 16.0. The molecule has 4 nitrogen and oxygen atoms in total. The Morgan fingerprint density at radius 3 is 2.19 bits per heavy atom. The second kappa shape index (κ2) is 6.80. The minimum absolute atomic E-state index is 0.135. The summed E-state index contributed by atoms with van der Waals surface area (Å²) in [6.07, 6.45) is 1.71. The number of pyridine rings is 1. The highest BCUT2D eigenvalue weighted by Crippen LogP contribution is 2.39. The van der Waals surface area contributed by atoms with Crippen LogP contribution < -0.4 is 5.59 Å². The van der Waals surface area contributed by atoms with Crippen LogP contribution in [-0.2, 0) is 0 Å². The largest absolute Gasteiger partial charge is 0.507 e. The van der Waals surface area contributed by atoms with Gasteiger partial charge in [0.15, 0.2) is 0 Å². The summed E-state index contributed by atoms with van der Waals surface area (Å²) in [5.41, 5.74) is 4.56. The van der Waals surface area contributed by atoms with Crippen molar-refractivity contribution in [1.82, 2.24) is 15.2 Å². The molecule has 0 fully saturated rings. The Balaban J connectivity index is 2.10. The molecule has 0 bridgehead atoms. The second-order valence-corrected chi connectivity index (χ2v) is 5.78. The van der Waals surface area contributed by atoms with Crippen LogP contribution in [0.1, 0.15) is 0 Å². The first-order valence-electron chi connectivity index (χ1n) is 8.17. The van der Waals surface area contributed by atoms with Crippen LogP contribution in [0.3, 0.4) is 0 Å². The Hall–Kier alpha value is -3.47. The van der Waals surface area contributed by atoms with Crippen molar-refractivity contribution in [2.45, 2.75) is 0 Å². The highest BCUT2D eigenvalue weighted by atomic mass is 16.3. The molecule has 122 valence electrons. The number of para-hydroxylation sites is 1. The van der Waals surface area contributed by atoms with Gasteiger partial charge in [-0.1, -0.05) is 48.5 Å². The fourth-order valence-corrected chi connectivity index (χ4v) is 2.97. The zero-order valence-corrected chi connectivity index (χ0v) is 13.9. The Morgan fingerprint density at radius 2 is 1.46 bits per heavy atom. The molecule has 0 saturated heterocycles. The quantitative estimate of drug-likeness (QED) is 0.583. The van der Waals surface area contributed by atoms with Gasteiger partial charge in [0, 0.05) is 28.5 Å². The van der Waals surface area contributed by atoms with Crippen LogP contribution in [-0.4, -0.2) is 28.1 Å². The summed E-state index contributed by atoms with van der Waals surface area (Å²) >= 11 is 0. The third kappa shape index (κ3) is 2.84. The lowest BCUT2D eigenvalue weighted by atomic mass is 9.86. The number of hydrogen-bond acceptors (Lipinski definition) is 4. The van der Waals surface area contributed by atoms with Crippen LogP contribution in [0, 0.1) is 0 Å². The molecule has 2 radical (unpaired) electrons. The zero-order chi connectivity index (χ0) is 17.9. The molecule has 26 heavy (non-hydrogen) atoms. The lowest BCUT2D eigenvalue weighted by molar-refractivity contribution is 0.477. The fourth-order valence-electron chi connectivity index (χ4n) is 2.97. The van der Waals surface area contributed by atoms with Crippen LogP contribution in [0.4, 0.5) is 0 Å². The summed E-state index contributed by atoms with van der Waals surface area (Å²) in [5, 5.41) is 18.8. The molecule has 0 amide bonds. The van der Waals surface area contributed by atoms with E-state index in [9.17, 15) is 5.11 Å². The topological polar surface area (TPSA) is 58.9 Å². The minimum Gasteiger partial charge on any atom is -0.507 e. The van der Waals surface area contributed by atoms with Crippen LogP contribution in [0.25, 0.3) is 33.6 Å². The molecule has 2 heterocycles. The summed E-state index contributed by atoms with van der Waals surface area (Å²) in [6, 6.07) is 22.5. The van der Waals surface area contributed by atoms with E-state index in [0.29, 0.717) is 28.1 Å². The molecular formula is C21H14BN3O. The maximum atomic E-state index is 10.4. The summed E-state index contributed by atoms with van der Waals surface area (Å²) < 4.78 is 0. The van der Waals surface area contributed by atoms with Gasteiger partial charge in [0.05, 0.1) is 5.69 Å². The highest BCUT2D eigenvalue weighted by Gasteiger charge is 2.20. The normalized spacial score (nSPS) is 10.6. The number of phenols is 1. The predicted molar refractivity (Wildman–Crippen MR) is 103 cm³/mol. The number of aromatic hydroxyl groups is 1. The van der Waals surface area contributed by atoms with Crippen molar-refractivity contribution >= 4 is 13.4 Å². The number of phenolic OH excluding ortho intramolecular Hbond substituents is 1. The maximum Gasteiger partial charge on any atom is 0.145 e. The lowest BCUT2D eigenvalue weighted by Crippen LogP contribution is -2.17. The molecule has 4 rings (SSSR count). The second-order valence-electron chi connectivity index (χ2n) is 5.78. The van der Waals surface area contributed by atoms with E-state index in [4.69, 9.17) is 7.85 Å². The molecule has 4 aromatic rings. The van der Waals surface area contributed by atoms with Gasteiger partial charge < -0.3 is 5.11 Å². The Morgan fingerprint density at radius 1 is 0.731 bits per heavy atom.